The van der Waals surface area contributed by atoms with Crippen LogP contribution in [0.3, 0.4) is 0 Å². The zero-order chi connectivity index (χ0) is 6.85. The zero-order valence-corrected chi connectivity index (χ0v) is 7.35. The number of hydrogen-bond donors (Lipinski definition) is 0. The van der Waals surface area contributed by atoms with Gasteiger partial charge in [0, 0.05) is 7.05 Å². The fraction of sp³-hybridized carbons (Fsp3) is 0.600. The van der Waals surface area contributed by atoms with Crippen LogP contribution in [0.1, 0.15) is 18.1 Å². The lowest BCUT2D eigenvalue weighted by atomic mass is 10.4. The molecule has 1 aromatic heterocycles. The molecule has 1 heterocycles. The van der Waals surface area contributed by atoms with E-state index < -0.39 is 0 Å². The number of rotatable bonds is 1. The molecule has 0 N–H and O–H groups in total. The topological polar surface area (TPSA) is 30.7 Å². The Morgan fingerprint density at radius 3 is 2.50 bits per heavy atom. The molecule has 58 valence electrons. The summed E-state index contributed by atoms with van der Waals surface area (Å²) in [6.45, 7) is 1.87. The summed E-state index contributed by atoms with van der Waals surface area (Å²) in [5.74, 6) is 0.802. The van der Waals surface area contributed by atoms with Crippen molar-refractivity contribution in [3.8, 4) is 0 Å². The number of nitrogens with zero attached hydrogens (tertiary/aromatic N) is 3. The van der Waals surface area contributed by atoms with E-state index in [2.05, 4.69) is 10.2 Å². The Hall–Kier alpha value is -0.280. The zero-order valence-electron chi connectivity index (χ0n) is 5.78. The van der Waals surface area contributed by atoms with E-state index in [1.165, 1.54) is 0 Å². The van der Waals surface area contributed by atoms with Gasteiger partial charge < -0.3 is 4.57 Å². The van der Waals surface area contributed by atoms with Crippen LogP contribution in [0.25, 0.3) is 0 Å². The Kier molecular flexibility index (Phi) is 3.68. The molecule has 5 heteroatoms. The van der Waals surface area contributed by atoms with E-state index in [4.69, 9.17) is 11.6 Å². The van der Waals surface area contributed by atoms with Crippen molar-refractivity contribution in [3.63, 3.8) is 0 Å². The molecule has 1 unspecified atom stereocenters. The van der Waals surface area contributed by atoms with Crippen LogP contribution in [0.4, 0.5) is 0 Å². The average Bonchev–Trinajstić information content (AvgIpc) is 2.13. The second-order valence-corrected chi connectivity index (χ2v) is 2.57. The van der Waals surface area contributed by atoms with E-state index in [1.807, 2.05) is 14.0 Å². The van der Waals surface area contributed by atoms with Crippen molar-refractivity contribution in [3.05, 3.63) is 12.2 Å². The maximum Gasteiger partial charge on any atom is 0.150 e. The van der Waals surface area contributed by atoms with Crippen molar-refractivity contribution in [2.45, 2.75) is 12.3 Å². The van der Waals surface area contributed by atoms with Crippen LogP contribution in [0.2, 0.25) is 0 Å². The van der Waals surface area contributed by atoms with E-state index in [1.54, 1.807) is 10.9 Å². The highest BCUT2D eigenvalue weighted by atomic mass is 35.5. The Balaban J connectivity index is 0.000000810. The lowest BCUT2D eigenvalue weighted by Gasteiger charge is -1.98. The van der Waals surface area contributed by atoms with E-state index in [0.29, 0.717) is 0 Å². The largest absolute Gasteiger partial charge is 0.319 e. The van der Waals surface area contributed by atoms with Gasteiger partial charge in [0.2, 0.25) is 0 Å². The molecule has 0 radical (unpaired) electrons. The first kappa shape index (κ1) is 9.72. The Labute approximate surface area is 70.8 Å². The van der Waals surface area contributed by atoms with Gasteiger partial charge in [0.1, 0.15) is 12.2 Å². The van der Waals surface area contributed by atoms with Gasteiger partial charge in [-0.1, -0.05) is 0 Å². The molecule has 1 rings (SSSR count). The van der Waals surface area contributed by atoms with Gasteiger partial charge in [-0.05, 0) is 6.92 Å². The highest BCUT2D eigenvalue weighted by molar-refractivity contribution is 6.20. The summed E-state index contributed by atoms with van der Waals surface area (Å²) in [7, 11) is 1.87. The molecule has 0 bridgehead atoms. The predicted molar refractivity (Wildman–Crippen MR) is 42.5 cm³/mol. The van der Waals surface area contributed by atoms with Gasteiger partial charge in [-0.25, -0.2) is 0 Å². The molecule has 0 aliphatic carbocycles. The average molecular weight is 182 g/mol. The molecule has 1 atom stereocenters. The van der Waals surface area contributed by atoms with Crippen LogP contribution in [0.15, 0.2) is 6.33 Å². The molecule has 0 aliphatic heterocycles. The third-order valence-corrected chi connectivity index (χ3v) is 1.30. The summed E-state index contributed by atoms with van der Waals surface area (Å²) in [6.07, 6.45) is 1.63. The van der Waals surface area contributed by atoms with Crippen molar-refractivity contribution in [1.29, 1.82) is 0 Å². The van der Waals surface area contributed by atoms with E-state index >= 15 is 0 Å². The first-order valence-corrected chi connectivity index (χ1v) is 3.13. The first-order chi connectivity index (χ1) is 4.22. The molecule has 0 spiro atoms. The summed E-state index contributed by atoms with van der Waals surface area (Å²) in [5.41, 5.74) is 0. The summed E-state index contributed by atoms with van der Waals surface area (Å²) < 4.78 is 1.80. The molecule has 1 aromatic rings. The molecular weight excluding hydrogens is 173 g/mol. The van der Waals surface area contributed by atoms with E-state index in [9.17, 15) is 0 Å². The summed E-state index contributed by atoms with van der Waals surface area (Å²) >= 11 is 5.73. The van der Waals surface area contributed by atoms with Crippen LogP contribution in [-0.2, 0) is 7.05 Å². The van der Waals surface area contributed by atoms with Crippen molar-refractivity contribution in [2.24, 2.45) is 7.05 Å². The SMILES string of the molecule is CC(Cl)c1nncn1C.Cl. The molecule has 0 fully saturated rings. The van der Waals surface area contributed by atoms with Crippen molar-refractivity contribution >= 4 is 24.0 Å². The third kappa shape index (κ3) is 1.85. The molecular formula is C5H9Cl2N3. The minimum atomic E-state index is -0.0579. The highest BCUT2D eigenvalue weighted by Crippen LogP contribution is 2.14. The number of aryl methyl sites for hydroxylation is 1. The molecule has 10 heavy (non-hydrogen) atoms. The van der Waals surface area contributed by atoms with Crippen molar-refractivity contribution in [1.82, 2.24) is 14.8 Å². The number of aromatic nitrogens is 3. The highest BCUT2D eigenvalue weighted by Gasteiger charge is 2.05. The van der Waals surface area contributed by atoms with Gasteiger partial charge in [0.05, 0.1) is 5.38 Å². The van der Waals surface area contributed by atoms with Gasteiger partial charge in [0.15, 0.2) is 0 Å². The minimum Gasteiger partial charge on any atom is -0.319 e. The maximum absolute atomic E-state index is 5.73. The van der Waals surface area contributed by atoms with Gasteiger partial charge in [-0.3, -0.25) is 0 Å². The summed E-state index contributed by atoms with van der Waals surface area (Å²) in [4.78, 5) is 0. The fourth-order valence-electron chi connectivity index (χ4n) is 0.652. The Morgan fingerprint density at radius 2 is 2.30 bits per heavy atom. The maximum atomic E-state index is 5.73. The number of halogens is 2. The van der Waals surface area contributed by atoms with Crippen LogP contribution >= 0.6 is 24.0 Å². The molecule has 0 amide bonds. The quantitative estimate of drug-likeness (QED) is 0.616. The van der Waals surface area contributed by atoms with Crippen LogP contribution in [-0.4, -0.2) is 14.8 Å². The second-order valence-electron chi connectivity index (χ2n) is 1.92. The molecule has 0 saturated heterocycles. The lowest BCUT2D eigenvalue weighted by molar-refractivity contribution is 0.791. The van der Waals surface area contributed by atoms with Crippen LogP contribution < -0.4 is 0 Å². The molecule has 0 aromatic carbocycles. The number of alkyl halides is 1. The van der Waals surface area contributed by atoms with Gasteiger partial charge in [0.25, 0.3) is 0 Å². The fourth-order valence-corrected chi connectivity index (χ4v) is 0.850. The van der Waals surface area contributed by atoms with Crippen molar-refractivity contribution < 1.29 is 0 Å². The first-order valence-electron chi connectivity index (χ1n) is 2.70. The normalized spacial score (nSPS) is 12.3. The standard InChI is InChI=1S/C5H8ClN3.ClH/c1-4(6)5-8-7-3-9(5)2;/h3-4H,1-2H3;1H. The lowest BCUT2D eigenvalue weighted by Crippen LogP contribution is -1.96. The van der Waals surface area contributed by atoms with Crippen LogP contribution in [0.5, 0.6) is 0 Å². The second kappa shape index (κ2) is 3.78. The summed E-state index contributed by atoms with van der Waals surface area (Å²) in [5, 5.41) is 7.41. The molecule has 3 nitrogen and oxygen atoms in total. The Morgan fingerprint density at radius 1 is 1.70 bits per heavy atom. The van der Waals surface area contributed by atoms with Gasteiger partial charge in [-0.2, -0.15) is 0 Å². The molecule has 0 saturated carbocycles. The van der Waals surface area contributed by atoms with E-state index in [-0.39, 0.29) is 17.8 Å². The molecule has 0 aliphatic rings. The van der Waals surface area contributed by atoms with Gasteiger partial charge in [-0.15, -0.1) is 34.2 Å². The smallest absolute Gasteiger partial charge is 0.150 e. The minimum absolute atomic E-state index is 0. The van der Waals surface area contributed by atoms with E-state index in [0.717, 1.165) is 5.82 Å². The third-order valence-electron chi connectivity index (χ3n) is 1.10. The van der Waals surface area contributed by atoms with Crippen molar-refractivity contribution in [2.75, 3.05) is 0 Å². The Bertz CT molecular complexity index is 197. The monoisotopic (exact) mass is 181 g/mol. The van der Waals surface area contributed by atoms with Crippen LogP contribution in [0, 0.1) is 0 Å². The van der Waals surface area contributed by atoms with Gasteiger partial charge >= 0.3 is 0 Å². The predicted octanol–water partition coefficient (Wildman–Crippen LogP) is 1.54. The summed E-state index contributed by atoms with van der Waals surface area (Å²) in [6, 6.07) is 0. The number of hydrogen-bond acceptors (Lipinski definition) is 2.